The Morgan fingerprint density at radius 2 is 0.754 bits per heavy atom. The van der Waals surface area contributed by atoms with E-state index in [9.17, 15) is 0 Å². The fraction of sp³-hybridized carbons (Fsp3) is 0. The van der Waals surface area contributed by atoms with Crippen LogP contribution in [0.25, 0.3) is 53.2 Å². The highest BCUT2D eigenvalue weighted by atomic mass is 32.1. The molecule has 0 bridgehead atoms. The molecule has 3 heteroatoms. The third-order valence-corrected chi connectivity index (χ3v) is 18.2. The summed E-state index contributed by atoms with van der Waals surface area (Å²) in [6.07, 6.45) is 0. The van der Waals surface area contributed by atoms with E-state index in [1.807, 2.05) is 11.3 Å². The molecule has 288 valence electrons. The maximum absolute atomic E-state index is 2.69. The number of anilines is 3. The van der Waals surface area contributed by atoms with Crippen molar-refractivity contribution >= 4 is 88.2 Å². The average Bonchev–Trinajstić information content (AvgIpc) is 3.71. The summed E-state index contributed by atoms with van der Waals surface area (Å²) in [7, 11) is -2.69. The van der Waals surface area contributed by atoms with Gasteiger partial charge in [-0.1, -0.05) is 194 Å². The summed E-state index contributed by atoms with van der Waals surface area (Å²) in [5, 5.41) is 10.5. The van der Waals surface area contributed by atoms with Crippen molar-refractivity contribution in [3.63, 3.8) is 0 Å². The number of thiophene rings is 1. The number of rotatable bonds is 9. The summed E-state index contributed by atoms with van der Waals surface area (Å²) in [4.78, 5) is 2.43. The topological polar surface area (TPSA) is 3.24 Å². The molecule has 0 spiro atoms. The molecule has 0 atom stereocenters. The molecule has 0 aliphatic rings. The summed E-state index contributed by atoms with van der Waals surface area (Å²) in [6, 6.07) is 91.9. The second kappa shape index (κ2) is 15.7. The van der Waals surface area contributed by atoms with Crippen LogP contribution in [0, 0.1) is 0 Å². The van der Waals surface area contributed by atoms with Crippen molar-refractivity contribution in [3.8, 4) is 22.3 Å². The quantitative estimate of drug-likeness (QED) is 0.104. The molecule has 1 aromatic heterocycles. The van der Waals surface area contributed by atoms with E-state index >= 15 is 0 Å². The Hall–Kier alpha value is -7.30. The lowest BCUT2D eigenvalue weighted by Crippen LogP contribution is -2.74. The minimum absolute atomic E-state index is 1.11. The maximum Gasteiger partial charge on any atom is 0.179 e. The predicted molar refractivity (Wildman–Crippen MR) is 266 cm³/mol. The van der Waals surface area contributed by atoms with Gasteiger partial charge in [-0.2, -0.15) is 0 Å². The van der Waals surface area contributed by atoms with Gasteiger partial charge in [-0.05, 0) is 108 Å². The molecule has 0 saturated heterocycles. The zero-order valence-electron chi connectivity index (χ0n) is 33.5. The van der Waals surface area contributed by atoms with Gasteiger partial charge in [0.2, 0.25) is 0 Å². The first-order valence-corrected chi connectivity index (χ1v) is 23.7. The van der Waals surface area contributed by atoms with Crippen molar-refractivity contribution in [3.05, 3.63) is 249 Å². The van der Waals surface area contributed by atoms with Crippen LogP contribution in [-0.2, 0) is 0 Å². The van der Waals surface area contributed by atoms with E-state index in [4.69, 9.17) is 0 Å². The molecule has 11 aromatic rings. The first-order valence-electron chi connectivity index (χ1n) is 20.9. The first-order chi connectivity index (χ1) is 30.2. The van der Waals surface area contributed by atoms with Crippen LogP contribution in [0.15, 0.2) is 249 Å². The van der Waals surface area contributed by atoms with Gasteiger partial charge in [-0.15, -0.1) is 11.3 Å². The third kappa shape index (κ3) is 6.56. The predicted octanol–water partition coefficient (Wildman–Crippen LogP) is 13.4. The Labute approximate surface area is 362 Å². The Kier molecular flexibility index (Phi) is 9.46. The van der Waals surface area contributed by atoms with Crippen LogP contribution < -0.4 is 25.6 Å². The lowest BCUT2D eigenvalue weighted by atomic mass is 9.98. The molecular formula is C58H41NSSi. The van der Waals surface area contributed by atoms with Crippen molar-refractivity contribution in [1.82, 2.24) is 0 Å². The molecule has 1 nitrogen and oxygen atoms in total. The molecule has 11 rings (SSSR count). The van der Waals surface area contributed by atoms with Crippen LogP contribution in [0.2, 0.25) is 0 Å². The molecule has 10 aromatic carbocycles. The van der Waals surface area contributed by atoms with Crippen molar-refractivity contribution in [2.45, 2.75) is 0 Å². The first kappa shape index (κ1) is 36.8. The molecule has 1 heterocycles. The minimum Gasteiger partial charge on any atom is -0.310 e. The monoisotopic (exact) mass is 811 g/mol. The molecular weight excluding hydrogens is 771 g/mol. The van der Waals surface area contributed by atoms with Gasteiger partial charge in [0.05, 0.1) is 0 Å². The van der Waals surface area contributed by atoms with Crippen molar-refractivity contribution in [2.75, 3.05) is 4.90 Å². The van der Waals surface area contributed by atoms with E-state index in [1.165, 1.54) is 73.9 Å². The summed E-state index contributed by atoms with van der Waals surface area (Å²) < 4.78 is 2.58. The molecule has 0 unspecified atom stereocenters. The van der Waals surface area contributed by atoms with Crippen LogP contribution in [0.1, 0.15) is 0 Å². The number of nitrogens with zero attached hydrogens (tertiary/aromatic N) is 1. The van der Waals surface area contributed by atoms with Crippen LogP contribution >= 0.6 is 11.3 Å². The van der Waals surface area contributed by atoms with Gasteiger partial charge in [-0.3, -0.25) is 0 Å². The number of benzene rings is 10. The van der Waals surface area contributed by atoms with Crippen molar-refractivity contribution in [1.29, 1.82) is 0 Å². The van der Waals surface area contributed by atoms with E-state index in [-0.39, 0.29) is 0 Å². The molecule has 0 radical (unpaired) electrons. The van der Waals surface area contributed by atoms with Gasteiger partial charge in [0.15, 0.2) is 8.07 Å². The summed E-state index contributed by atoms with van der Waals surface area (Å²) >= 11 is 1.86. The summed E-state index contributed by atoms with van der Waals surface area (Å²) in [5.41, 5.74) is 8.26. The van der Waals surface area contributed by atoms with Gasteiger partial charge in [-0.25, -0.2) is 0 Å². The van der Waals surface area contributed by atoms with E-state index in [0.29, 0.717) is 0 Å². The Bertz CT molecular complexity index is 3170. The molecule has 0 aliphatic carbocycles. The van der Waals surface area contributed by atoms with Gasteiger partial charge in [0, 0.05) is 37.2 Å². The minimum atomic E-state index is -2.69. The van der Waals surface area contributed by atoms with Crippen LogP contribution in [0.3, 0.4) is 0 Å². The van der Waals surface area contributed by atoms with Crippen molar-refractivity contribution in [2.24, 2.45) is 0 Å². The van der Waals surface area contributed by atoms with Gasteiger partial charge >= 0.3 is 0 Å². The zero-order chi connectivity index (χ0) is 40.6. The number of hydrogen-bond acceptors (Lipinski definition) is 2. The standard InChI is InChI=1S/C58H41NSSi/c1-5-16-42(17-6-1)45-30-38-57-55(40-45)56-41-48(35-39-58(56)60-57)59(46-31-28-44(29-32-46)54-27-15-19-43-18-13-14-26-53(43)54)47-33-36-52(37-34-47)61(49-20-7-2-8-21-49,50-22-9-3-10-23-50)51-24-11-4-12-25-51/h1-41H. The van der Waals surface area contributed by atoms with E-state index < -0.39 is 8.07 Å². The number of fused-ring (bicyclic) bond motifs is 4. The lowest BCUT2D eigenvalue weighted by molar-refractivity contribution is 1.29. The smallest absolute Gasteiger partial charge is 0.179 e. The third-order valence-electron chi connectivity index (χ3n) is 12.2. The lowest BCUT2D eigenvalue weighted by Gasteiger charge is -2.35. The van der Waals surface area contributed by atoms with Crippen LogP contribution in [-0.4, -0.2) is 8.07 Å². The maximum atomic E-state index is 2.43. The highest BCUT2D eigenvalue weighted by Crippen LogP contribution is 2.42. The molecule has 0 fully saturated rings. The fourth-order valence-corrected chi connectivity index (χ4v) is 15.2. The summed E-state index contributed by atoms with van der Waals surface area (Å²) in [6.45, 7) is 0. The second-order valence-corrected chi connectivity index (χ2v) is 20.6. The molecule has 0 saturated carbocycles. The molecule has 0 amide bonds. The molecule has 61 heavy (non-hydrogen) atoms. The van der Waals surface area contributed by atoms with Gasteiger partial charge < -0.3 is 4.90 Å². The average molecular weight is 812 g/mol. The van der Waals surface area contributed by atoms with Crippen LogP contribution in [0.4, 0.5) is 17.1 Å². The number of hydrogen-bond donors (Lipinski definition) is 0. The Balaban J connectivity index is 1.08. The summed E-state index contributed by atoms with van der Waals surface area (Å²) in [5.74, 6) is 0. The highest BCUT2D eigenvalue weighted by molar-refractivity contribution is 7.25. The Morgan fingerprint density at radius 3 is 1.38 bits per heavy atom. The Morgan fingerprint density at radius 1 is 0.295 bits per heavy atom. The molecule has 0 aliphatic heterocycles. The second-order valence-electron chi connectivity index (χ2n) is 15.7. The highest BCUT2D eigenvalue weighted by Gasteiger charge is 2.41. The van der Waals surface area contributed by atoms with E-state index in [2.05, 4.69) is 254 Å². The molecule has 0 N–H and O–H groups in total. The van der Waals surface area contributed by atoms with Gasteiger partial charge in [0.1, 0.15) is 0 Å². The van der Waals surface area contributed by atoms with E-state index in [1.54, 1.807) is 0 Å². The zero-order valence-corrected chi connectivity index (χ0v) is 35.3. The van der Waals surface area contributed by atoms with Gasteiger partial charge in [0.25, 0.3) is 0 Å². The largest absolute Gasteiger partial charge is 0.310 e. The SMILES string of the molecule is c1ccc(-c2ccc3sc4ccc(N(c5ccc(-c6cccc7ccccc67)cc5)c5ccc([Si](c6ccccc6)(c6ccccc6)c6ccccc6)cc5)cc4c3c2)cc1. The van der Waals surface area contributed by atoms with Crippen molar-refractivity contribution < 1.29 is 0 Å². The van der Waals surface area contributed by atoms with Crippen LogP contribution in [0.5, 0.6) is 0 Å². The van der Waals surface area contributed by atoms with E-state index in [0.717, 1.165) is 17.1 Å². The fourth-order valence-electron chi connectivity index (χ4n) is 9.35. The normalized spacial score (nSPS) is 11.6.